The number of unbranched alkanes of at least 4 members (excludes halogenated alkanes) is 4. The second-order valence-electron chi connectivity index (χ2n) is 4.57. The van der Waals surface area contributed by atoms with Crippen molar-refractivity contribution in [2.24, 2.45) is 0 Å². The number of methoxy groups -OCH3 is 1. The van der Waals surface area contributed by atoms with Gasteiger partial charge in [-0.05, 0) is 18.6 Å². The molecular formula is C15H23ClO2. The monoisotopic (exact) mass is 270 g/mol. The van der Waals surface area contributed by atoms with Gasteiger partial charge >= 0.3 is 0 Å². The Morgan fingerprint density at radius 2 is 1.94 bits per heavy atom. The molecule has 0 bridgehead atoms. The van der Waals surface area contributed by atoms with Gasteiger partial charge in [0.15, 0.2) is 0 Å². The van der Waals surface area contributed by atoms with Gasteiger partial charge in [0.05, 0.1) is 18.2 Å². The first-order valence-electron chi connectivity index (χ1n) is 6.71. The highest BCUT2D eigenvalue weighted by atomic mass is 35.5. The zero-order chi connectivity index (χ0) is 13.4. The van der Waals surface area contributed by atoms with Gasteiger partial charge < -0.3 is 9.84 Å². The summed E-state index contributed by atoms with van der Waals surface area (Å²) in [5, 5.41) is 10.8. The second kappa shape index (κ2) is 8.39. The molecule has 0 saturated heterocycles. The van der Waals surface area contributed by atoms with Crippen molar-refractivity contribution in [2.75, 3.05) is 7.11 Å². The normalized spacial score (nSPS) is 12.4. The summed E-state index contributed by atoms with van der Waals surface area (Å²) in [7, 11) is 1.60. The van der Waals surface area contributed by atoms with Crippen molar-refractivity contribution in [3.05, 3.63) is 28.8 Å². The van der Waals surface area contributed by atoms with E-state index in [9.17, 15) is 5.11 Å². The average Bonchev–Trinajstić information content (AvgIpc) is 2.37. The smallest absolute Gasteiger partial charge is 0.126 e. The largest absolute Gasteiger partial charge is 0.496 e. The predicted molar refractivity (Wildman–Crippen MR) is 76.3 cm³/mol. The van der Waals surface area contributed by atoms with Crippen LogP contribution in [-0.2, 0) is 0 Å². The highest BCUT2D eigenvalue weighted by Gasteiger charge is 2.16. The topological polar surface area (TPSA) is 29.5 Å². The van der Waals surface area contributed by atoms with Crippen LogP contribution in [0.25, 0.3) is 0 Å². The fraction of sp³-hybridized carbons (Fsp3) is 0.600. The van der Waals surface area contributed by atoms with Crippen LogP contribution < -0.4 is 4.74 Å². The van der Waals surface area contributed by atoms with E-state index >= 15 is 0 Å². The molecule has 0 heterocycles. The molecule has 0 saturated carbocycles. The van der Waals surface area contributed by atoms with Gasteiger partial charge in [-0.15, -0.1) is 0 Å². The van der Waals surface area contributed by atoms with Crippen LogP contribution in [0.15, 0.2) is 18.2 Å². The van der Waals surface area contributed by atoms with E-state index in [2.05, 4.69) is 6.92 Å². The molecule has 1 aromatic rings. The zero-order valence-electron chi connectivity index (χ0n) is 11.3. The molecule has 0 spiro atoms. The molecule has 1 atom stereocenters. The molecule has 0 fully saturated rings. The maximum absolute atomic E-state index is 10.2. The van der Waals surface area contributed by atoms with Crippen LogP contribution in [0.2, 0.25) is 5.02 Å². The van der Waals surface area contributed by atoms with E-state index < -0.39 is 6.10 Å². The molecule has 1 aromatic carbocycles. The van der Waals surface area contributed by atoms with E-state index in [1.165, 1.54) is 19.3 Å². The first-order chi connectivity index (χ1) is 8.70. The number of ether oxygens (including phenoxy) is 1. The molecule has 1 N–H and O–H groups in total. The first kappa shape index (κ1) is 15.3. The Labute approximate surface area is 115 Å². The van der Waals surface area contributed by atoms with Crippen molar-refractivity contribution in [2.45, 2.75) is 51.6 Å². The summed E-state index contributed by atoms with van der Waals surface area (Å²) >= 11 is 6.13. The van der Waals surface area contributed by atoms with E-state index in [4.69, 9.17) is 16.3 Å². The molecule has 1 rings (SSSR count). The standard InChI is InChI=1S/C15H23ClO2/c1-3-4-5-6-7-10-13(17)15-12(16)9-8-11-14(15)18-2/h8-9,11,13,17H,3-7,10H2,1-2H3. The highest BCUT2D eigenvalue weighted by Crippen LogP contribution is 2.34. The van der Waals surface area contributed by atoms with Crippen molar-refractivity contribution in [3.63, 3.8) is 0 Å². The molecule has 0 radical (unpaired) electrons. The molecule has 3 heteroatoms. The number of hydrogen-bond acceptors (Lipinski definition) is 2. The third kappa shape index (κ3) is 4.51. The zero-order valence-corrected chi connectivity index (χ0v) is 12.0. The quantitative estimate of drug-likeness (QED) is 0.691. The van der Waals surface area contributed by atoms with Gasteiger partial charge in [-0.2, -0.15) is 0 Å². The van der Waals surface area contributed by atoms with Crippen LogP contribution in [0.3, 0.4) is 0 Å². The molecule has 102 valence electrons. The summed E-state index contributed by atoms with van der Waals surface area (Å²) in [5.41, 5.74) is 0.720. The van der Waals surface area contributed by atoms with Gasteiger partial charge in [-0.1, -0.05) is 56.7 Å². The SMILES string of the molecule is CCCCCCCC(O)c1c(Cl)cccc1OC. The molecule has 0 amide bonds. The third-order valence-electron chi connectivity index (χ3n) is 3.15. The van der Waals surface area contributed by atoms with Gasteiger partial charge in [0, 0.05) is 5.56 Å². The summed E-state index contributed by atoms with van der Waals surface area (Å²) < 4.78 is 5.25. The minimum absolute atomic E-state index is 0.532. The van der Waals surface area contributed by atoms with E-state index in [1.807, 2.05) is 12.1 Å². The van der Waals surface area contributed by atoms with E-state index in [0.29, 0.717) is 10.8 Å². The maximum atomic E-state index is 10.2. The number of rotatable bonds is 8. The number of aliphatic hydroxyl groups excluding tert-OH is 1. The molecule has 18 heavy (non-hydrogen) atoms. The summed E-state index contributed by atoms with van der Waals surface area (Å²) in [6, 6.07) is 5.46. The molecular weight excluding hydrogens is 248 g/mol. The predicted octanol–water partition coefficient (Wildman–Crippen LogP) is 4.74. The van der Waals surface area contributed by atoms with Crippen molar-refractivity contribution < 1.29 is 9.84 Å². The lowest BCUT2D eigenvalue weighted by Gasteiger charge is -2.16. The summed E-state index contributed by atoms with van der Waals surface area (Å²) in [6.07, 6.45) is 6.14. The van der Waals surface area contributed by atoms with Crippen LogP contribution in [0.4, 0.5) is 0 Å². The van der Waals surface area contributed by atoms with Crippen LogP contribution >= 0.6 is 11.6 Å². The molecule has 0 aromatic heterocycles. The van der Waals surface area contributed by atoms with E-state index in [0.717, 1.165) is 24.8 Å². The molecule has 1 unspecified atom stereocenters. The molecule has 0 aliphatic rings. The molecule has 0 aliphatic heterocycles. The van der Waals surface area contributed by atoms with E-state index in [1.54, 1.807) is 13.2 Å². The average molecular weight is 271 g/mol. The number of aliphatic hydroxyl groups is 1. The lowest BCUT2D eigenvalue weighted by molar-refractivity contribution is 0.159. The fourth-order valence-electron chi connectivity index (χ4n) is 2.10. The number of halogens is 1. The van der Waals surface area contributed by atoms with Crippen molar-refractivity contribution >= 4 is 11.6 Å². The van der Waals surface area contributed by atoms with Gasteiger partial charge in [-0.25, -0.2) is 0 Å². The maximum Gasteiger partial charge on any atom is 0.126 e. The lowest BCUT2D eigenvalue weighted by atomic mass is 10.0. The van der Waals surface area contributed by atoms with Gasteiger partial charge in [0.1, 0.15) is 5.75 Å². The minimum Gasteiger partial charge on any atom is -0.496 e. The highest BCUT2D eigenvalue weighted by molar-refractivity contribution is 6.31. The Morgan fingerprint density at radius 3 is 2.61 bits per heavy atom. The third-order valence-corrected chi connectivity index (χ3v) is 3.48. The Bertz CT molecular complexity index is 352. The van der Waals surface area contributed by atoms with Gasteiger partial charge in [0.2, 0.25) is 0 Å². The Kier molecular flexibility index (Phi) is 7.14. The number of benzene rings is 1. The van der Waals surface area contributed by atoms with Crippen LogP contribution in [-0.4, -0.2) is 12.2 Å². The molecule has 2 nitrogen and oxygen atoms in total. The molecule has 0 aliphatic carbocycles. The van der Waals surface area contributed by atoms with Crippen molar-refractivity contribution in [3.8, 4) is 5.75 Å². The van der Waals surface area contributed by atoms with E-state index in [-0.39, 0.29) is 0 Å². The van der Waals surface area contributed by atoms with Crippen LogP contribution in [0, 0.1) is 0 Å². The lowest BCUT2D eigenvalue weighted by Crippen LogP contribution is -2.01. The Hall–Kier alpha value is -0.730. The van der Waals surface area contributed by atoms with Crippen LogP contribution in [0.1, 0.15) is 57.1 Å². The van der Waals surface area contributed by atoms with Crippen molar-refractivity contribution in [1.82, 2.24) is 0 Å². The Balaban J connectivity index is 2.53. The summed E-state index contributed by atoms with van der Waals surface area (Å²) in [4.78, 5) is 0. The number of hydrogen-bond donors (Lipinski definition) is 1. The van der Waals surface area contributed by atoms with Crippen molar-refractivity contribution in [1.29, 1.82) is 0 Å². The van der Waals surface area contributed by atoms with Crippen LogP contribution in [0.5, 0.6) is 5.75 Å². The summed E-state index contributed by atoms with van der Waals surface area (Å²) in [5.74, 6) is 0.670. The van der Waals surface area contributed by atoms with Gasteiger partial charge in [0.25, 0.3) is 0 Å². The minimum atomic E-state index is -0.532. The first-order valence-corrected chi connectivity index (χ1v) is 7.09. The summed E-state index contributed by atoms with van der Waals surface area (Å²) in [6.45, 7) is 2.20. The van der Waals surface area contributed by atoms with Gasteiger partial charge in [-0.3, -0.25) is 0 Å². The second-order valence-corrected chi connectivity index (χ2v) is 4.98. The fourth-order valence-corrected chi connectivity index (χ4v) is 2.40. The Morgan fingerprint density at radius 1 is 1.22 bits per heavy atom.